The average Bonchev–Trinajstić information content (AvgIpc) is 2.73. The zero-order valence-corrected chi connectivity index (χ0v) is 10.5. The number of hydrogen-bond donors (Lipinski definition) is 1. The lowest BCUT2D eigenvalue weighted by atomic mass is 9.90. The van der Waals surface area contributed by atoms with Crippen LogP contribution in [0.3, 0.4) is 0 Å². The van der Waals surface area contributed by atoms with E-state index in [-0.39, 0.29) is 11.0 Å². The van der Waals surface area contributed by atoms with Crippen molar-refractivity contribution in [3.8, 4) is 0 Å². The number of aryl methyl sites for hydroxylation is 1. The maximum Gasteiger partial charge on any atom is 0.293 e. The topological polar surface area (TPSA) is 64.2 Å². The van der Waals surface area contributed by atoms with Crippen molar-refractivity contribution in [1.82, 2.24) is 9.55 Å². The fourth-order valence-electron chi connectivity index (χ4n) is 2.27. The molecule has 1 aliphatic heterocycles. The molecule has 0 spiro atoms. The van der Waals surface area contributed by atoms with Gasteiger partial charge in [-0.3, -0.25) is 4.79 Å². The molecular formula is C12H20N4O. The first-order chi connectivity index (χ1) is 8.09. The summed E-state index contributed by atoms with van der Waals surface area (Å²) in [5.41, 5.74) is 5.88. The molecule has 1 unspecified atom stereocenters. The first-order valence-corrected chi connectivity index (χ1v) is 6.10. The smallest absolute Gasteiger partial charge is 0.293 e. The molecule has 5 nitrogen and oxygen atoms in total. The molecule has 0 aromatic carbocycles. The van der Waals surface area contributed by atoms with Gasteiger partial charge in [-0.2, -0.15) is 0 Å². The normalized spacial score (nSPS) is 24.3. The van der Waals surface area contributed by atoms with Crippen LogP contribution in [0.2, 0.25) is 0 Å². The van der Waals surface area contributed by atoms with Gasteiger partial charge < -0.3 is 15.2 Å². The summed E-state index contributed by atoms with van der Waals surface area (Å²) in [6.45, 7) is 7.13. The van der Waals surface area contributed by atoms with Crippen LogP contribution in [0.1, 0.15) is 20.3 Å². The van der Waals surface area contributed by atoms with E-state index in [9.17, 15) is 4.79 Å². The highest BCUT2D eigenvalue weighted by molar-refractivity contribution is 5.38. The minimum absolute atomic E-state index is 0.00345. The SMILES string of the molecule is CCn1ccnc(N2CCC(C)(CN)C2)c1=O. The van der Waals surface area contributed by atoms with Gasteiger partial charge in [0.15, 0.2) is 5.82 Å². The number of anilines is 1. The Hall–Kier alpha value is -1.36. The molecule has 2 heterocycles. The quantitative estimate of drug-likeness (QED) is 0.827. The maximum atomic E-state index is 12.1. The molecule has 1 saturated heterocycles. The third-order valence-corrected chi connectivity index (χ3v) is 3.59. The third-order valence-electron chi connectivity index (χ3n) is 3.59. The summed E-state index contributed by atoms with van der Waals surface area (Å²) in [6.07, 6.45) is 4.44. The Kier molecular flexibility index (Phi) is 3.19. The molecule has 2 rings (SSSR count). The first-order valence-electron chi connectivity index (χ1n) is 6.10. The Labute approximate surface area is 101 Å². The highest BCUT2D eigenvalue weighted by atomic mass is 16.1. The van der Waals surface area contributed by atoms with Crippen LogP contribution >= 0.6 is 0 Å². The number of rotatable bonds is 3. The average molecular weight is 236 g/mol. The summed E-state index contributed by atoms with van der Waals surface area (Å²) in [4.78, 5) is 18.4. The number of hydrogen-bond acceptors (Lipinski definition) is 4. The van der Waals surface area contributed by atoms with Gasteiger partial charge >= 0.3 is 0 Å². The molecule has 2 N–H and O–H groups in total. The zero-order valence-electron chi connectivity index (χ0n) is 10.5. The summed E-state index contributed by atoms with van der Waals surface area (Å²) < 4.78 is 1.68. The Bertz CT molecular complexity index is 456. The summed E-state index contributed by atoms with van der Waals surface area (Å²) in [6, 6.07) is 0. The van der Waals surface area contributed by atoms with E-state index in [1.165, 1.54) is 0 Å². The number of nitrogens with zero attached hydrogens (tertiary/aromatic N) is 3. The van der Waals surface area contributed by atoms with E-state index in [0.29, 0.717) is 18.9 Å². The van der Waals surface area contributed by atoms with Crippen molar-refractivity contribution in [1.29, 1.82) is 0 Å². The summed E-state index contributed by atoms with van der Waals surface area (Å²) in [7, 11) is 0. The van der Waals surface area contributed by atoms with Crippen LogP contribution < -0.4 is 16.2 Å². The maximum absolute atomic E-state index is 12.1. The monoisotopic (exact) mass is 236 g/mol. The van der Waals surface area contributed by atoms with Crippen LogP contribution in [0.4, 0.5) is 5.82 Å². The van der Waals surface area contributed by atoms with Crippen LogP contribution in [0, 0.1) is 5.41 Å². The predicted octanol–water partition coefficient (Wildman–Crippen LogP) is 0.438. The highest BCUT2D eigenvalue weighted by Crippen LogP contribution is 2.29. The standard InChI is InChI=1S/C12H20N4O/c1-3-15-7-5-14-10(11(15)17)16-6-4-12(2,8-13)9-16/h5,7H,3-4,6,8-9,13H2,1-2H3. The van der Waals surface area contributed by atoms with Crippen molar-refractivity contribution >= 4 is 5.82 Å². The van der Waals surface area contributed by atoms with E-state index in [0.717, 1.165) is 19.5 Å². The van der Waals surface area contributed by atoms with Gasteiger partial charge in [-0.15, -0.1) is 0 Å². The van der Waals surface area contributed by atoms with Crippen molar-refractivity contribution in [3.05, 3.63) is 22.7 Å². The van der Waals surface area contributed by atoms with Gasteiger partial charge in [-0.1, -0.05) is 6.92 Å². The molecule has 0 radical (unpaired) electrons. The summed E-state index contributed by atoms with van der Waals surface area (Å²) in [5.74, 6) is 0.562. The van der Waals surface area contributed by atoms with Crippen molar-refractivity contribution < 1.29 is 0 Å². The zero-order chi connectivity index (χ0) is 12.5. The van der Waals surface area contributed by atoms with Gasteiger partial charge in [0.25, 0.3) is 5.56 Å². The van der Waals surface area contributed by atoms with Crippen LogP contribution in [0.25, 0.3) is 0 Å². The van der Waals surface area contributed by atoms with Gasteiger partial charge in [0.2, 0.25) is 0 Å². The Morgan fingerprint density at radius 2 is 2.35 bits per heavy atom. The van der Waals surface area contributed by atoms with E-state index in [4.69, 9.17) is 5.73 Å². The molecule has 1 fully saturated rings. The number of aromatic nitrogens is 2. The van der Waals surface area contributed by atoms with E-state index in [2.05, 4.69) is 16.8 Å². The molecule has 1 aliphatic rings. The molecule has 1 aromatic rings. The van der Waals surface area contributed by atoms with Gasteiger partial charge in [0, 0.05) is 32.0 Å². The van der Waals surface area contributed by atoms with Crippen molar-refractivity contribution in [2.75, 3.05) is 24.5 Å². The van der Waals surface area contributed by atoms with Crippen molar-refractivity contribution in [2.24, 2.45) is 11.1 Å². The molecule has 1 aromatic heterocycles. The molecule has 0 bridgehead atoms. The van der Waals surface area contributed by atoms with E-state index >= 15 is 0 Å². The van der Waals surface area contributed by atoms with Gasteiger partial charge in [-0.25, -0.2) is 4.98 Å². The lowest BCUT2D eigenvalue weighted by Gasteiger charge is -2.22. The van der Waals surface area contributed by atoms with Crippen LogP contribution in [-0.4, -0.2) is 29.2 Å². The second-order valence-corrected chi connectivity index (χ2v) is 5.03. The van der Waals surface area contributed by atoms with Crippen LogP contribution in [0.15, 0.2) is 17.2 Å². The molecular weight excluding hydrogens is 216 g/mol. The van der Waals surface area contributed by atoms with Crippen molar-refractivity contribution in [3.63, 3.8) is 0 Å². The predicted molar refractivity (Wildman–Crippen MR) is 68.2 cm³/mol. The lowest BCUT2D eigenvalue weighted by molar-refractivity contribution is 0.383. The molecule has 0 saturated carbocycles. The Morgan fingerprint density at radius 1 is 1.59 bits per heavy atom. The molecule has 1 atom stereocenters. The third kappa shape index (κ3) is 2.20. The van der Waals surface area contributed by atoms with E-state index in [1.807, 2.05) is 6.92 Å². The highest BCUT2D eigenvalue weighted by Gasteiger charge is 2.34. The van der Waals surface area contributed by atoms with Gasteiger partial charge in [0.1, 0.15) is 0 Å². The van der Waals surface area contributed by atoms with Crippen LogP contribution in [0.5, 0.6) is 0 Å². The minimum atomic E-state index is -0.00345. The lowest BCUT2D eigenvalue weighted by Crippen LogP contribution is -2.35. The van der Waals surface area contributed by atoms with E-state index in [1.54, 1.807) is 17.0 Å². The summed E-state index contributed by atoms with van der Waals surface area (Å²) >= 11 is 0. The fourth-order valence-corrected chi connectivity index (χ4v) is 2.27. The second-order valence-electron chi connectivity index (χ2n) is 5.03. The summed E-state index contributed by atoms with van der Waals surface area (Å²) in [5, 5.41) is 0. The molecule has 94 valence electrons. The first kappa shape index (κ1) is 12.1. The van der Waals surface area contributed by atoms with Gasteiger partial charge in [0.05, 0.1) is 0 Å². The fraction of sp³-hybridized carbons (Fsp3) is 0.667. The molecule has 5 heteroatoms. The minimum Gasteiger partial charge on any atom is -0.351 e. The Balaban J connectivity index is 2.28. The number of nitrogens with two attached hydrogens (primary N) is 1. The van der Waals surface area contributed by atoms with Gasteiger partial charge in [-0.05, 0) is 25.3 Å². The molecule has 0 amide bonds. The molecule has 17 heavy (non-hydrogen) atoms. The van der Waals surface area contributed by atoms with Crippen LogP contribution in [-0.2, 0) is 6.54 Å². The van der Waals surface area contributed by atoms with E-state index < -0.39 is 0 Å². The Morgan fingerprint density at radius 3 is 2.94 bits per heavy atom. The second kappa shape index (κ2) is 4.49. The molecule has 0 aliphatic carbocycles. The largest absolute Gasteiger partial charge is 0.351 e. The van der Waals surface area contributed by atoms with Crippen molar-refractivity contribution in [2.45, 2.75) is 26.8 Å².